The van der Waals surface area contributed by atoms with E-state index in [1.807, 2.05) is 96.7 Å². The third-order valence-corrected chi connectivity index (χ3v) is 5.70. The van der Waals surface area contributed by atoms with Crippen molar-refractivity contribution in [2.75, 3.05) is 0 Å². The maximum Gasteiger partial charge on any atom is 0.137 e. The Labute approximate surface area is 209 Å². The van der Waals surface area contributed by atoms with Gasteiger partial charge in [0, 0.05) is 21.8 Å². The number of aromatic nitrogens is 4. The van der Waals surface area contributed by atoms with E-state index in [-0.39, 0.29) is 12.4 Å². The molecule has 5 aromatic rings. The van der Waals surface area contributed by atoms with E-state index in [2.05, 4.69) is 16.0 Å². The molecule has 0 spiro atoms. The molecule has 2 aromatic heterocycles. The quantitative estimate of drug-likeness (QED) is 0.268. The summed E-state index contributed by atoms with van der Waals surface area (Å²) in [6.07, 6.45) is 1.82. The molecule has 34 heavy (non-hydrogen) atoms. The van der Waals surface area contributed by atoms with Gasteiger partial charge in [0.25, 0.3) is 0 Å². The van der Waals surface area contributed by atoms with Gasteiger partial charge in [0.05, 0.1) is 18.4 Å². The monoisotopic (exact) mass is 490 g/mol. The number of aryl methyl sites for hydroxylation is 1. The lowest BCUT2D eigenvalue weighted by molar-refractivity contribution is 0.302. The molecule has 5 rings (SSSR count). The molecule has 1 N–H and O–H groups in total. The van der Waals surface area contributed by atoms with E-state index >= 15 is 0 Å². The summed E-state index contributed by atoms with van der Waals surface area (Å²) in [6.45, 7) is 3.09. The predicted molar refractivity (Wildman–Crippen MR) is 139 cm³/mol. The number of nitrogens with one attached hydrogen (secondary N) is 1. The second kappa shape index (κ2) is 10.6. The summed E-state index contributed by atoms with van der Waals surface area (Å²) in [5.41, 5.74) is 5.89. The Hall–Kier alpha value is -3.54. The summed E-state index contributed by atoms with van der Waals surface area (Å²) >= 11 is 6.30. The minimum Gasteiger partial charge on any atom is -0.489 e. The number of imidazole rings is 1. The number of aromatic amines is 1. The van der Waals surface area contributed by atoms with E-state index in [1.54, 1.807) is 0 Å². The van der Waals surface area contributed by atoms with E-state index in [4.69, 9.17) is 21.4 Å². The maximum atomic E-state index is 6.30. The van der Waals surface area contributed by atoms with Crippen molar-refractivity contribution in [1.82, 2.24) is 19.7 Å². The summed E-state index contributed by atoms with van der Waals surface area (Å²) in [5, 5.41) is 5.49. The molecule has 0 bridgehead atoms. The van der Waals surface area contributed by atoms with Gasteiger partial charge in [-0.2, -0.15) is 5.10 Å². The normalized spacial score (nSPS) is 10.6. The van der Waals surface area contributed by atoms with E-state index < -0.39 is 0 Å². The molecule has 172 valence electrons. The summed E-state index contributed by atoms with van der Waals surface area (Å²) in [7, 11) is 0. The molecule has 0 unspecified atom stereocenters. The van der Waals surface area contributed by atoms with Gasteiger partial charge in [-0.15, -0.1) is 12.4 Å². The Balaban J connectivity index is 0.00000274. The zero-order chi connectivity index (χ0) is 22.6. The Bertz CT molecular complexity index is 1360. The van der Waals surface area contributed by atoms with Crippen LogP contribution in [0.15, 0.2) is 91.1 Å². The number of H-pyrrole nitrogens is 1. The number of ether oxygens (including phenoxy) is 1. The minimum absolute atomic E-state index is 0. The smallest absolute Gasteiger partial charge is 0.137 e. The molecule has 0 fully saturated rings. The fraction of sp³-hybridized carbons (Fsp3) is 0.111. The Morgan fingerprint density at radius 1 is 0.941 bits per heavy atom. The first-order valence-electron chi connectivity index (χ1n) is 10.8. The lowest BCUT2D eigenvalue weighted by Gasteiger charge is -2.13. The molecule has 7 heteroatoms. The van der Waals surface area contributed by atoms with Gasteiger partial charge in [0.2, 0.25) is 0 Å². The molecule has 0 radical (unpaired) electrons. The average Bonchev–Trinajstić information content (AvgIpc) is 3.47. The summed E-state index contributed by atoms with van der Waals surface area (Å²) in [5.74, 6) is 1.62. The van der Waals surface area contributed by atoms with Gasteiger partial charge in [0.15, 0.2) is 0 Å². The van der Waals surface area contributed by atoms with Gasteiger partial charge in [-0.25, -0.2) is 4.98 Å². The number of hydrogen-bond acceptors (Lipinski definition) is 3. The molecular formula is C27H24Cl2N4O. The first kappa shape index (κ1) is 23.6. The zero-order valence-electron chi connectivity index (χ0n) is 18.6. The second-order valence-electron chi connectivity index (χ2n) is 7.87. The molecule has 0 saturated carbocycles. The predicted octanol–water partition coefficient (Wildman–Crippen LogP) is 6.95. The van der Waals surface area contributed by atoms with E-state index in [0.29, 0.717) is 18.2 Å². The third-order valence-electron chi connectivity index (χ3n) is 5.46. The van der Waals surface area contributed by atoms with Crippen molar-refractivity contribution in [2.45, 2.75) is 20.1 Å². The number of halogens is 2. The lowest BCUT2D eigenvalue weighted by atomic mass is 10.2. The molecule has 0 aliphatic carbocycles. The van der Waals surface area contributed by atoms with Gasteiger partial charge in [0.1, 0.15) is 23.9 Å². The molecule has 0 atom stereocenters. The Morgan fingerprint density at radius 2 is 1.68 bits per heavy atom. The fourth-order valence-corrected chi connectivity index (χ4v) is 3.90. The van der Waals surface area contributed by atoms with Crippen molar-refractivity contribution in [1.29, 1.82) is 0 Å². The van der Waals surface area contributed by atoms with Gasteiger partial charge < -0.3 is 9.72 Å². The van der Waals surface area contributed by atoms with E-state index in [1.165, 1.54) is 0 Å². The van der Waals surface area contributed by atoms with Crippen LogP contribution < -0.4 is 4.74 Å². The minimum atomic E-state index is 0. The van der Waals surface area contributed by atoms with Crippen molar-refractivity contribution < 1.29 is 4.74 Å². The maximum absolute atomic E-state index is 6.30. The van der Waals surface area contributed by atoms with Crippen molar-refractivity contribution in [2.24, 2.45) is 0 Å². The number of nitrogens with zero attached hydrogens (tertiary/aromatic N) is 3. The van der Waals surface area contributed by atoms with E-state index in [9.17, 15) is 0 Å². The molecule has 2 heterocycles. The standard InChI is InChI=1S/C27H23ClN4O.ClH/c1-19-14-24(25-16-29-27(30-25)21-10-6-3-7-11-21)31-32(19)17-22-15-23(28)12-13-26(22)33-18-20-8-4-2-5-9-20;/h2-16H,17-18H2,1H3,(H,29,30);1H. The van der Waals surface area contributed by atoms with Crippen LogP contribution in [0.25, 0.3) is 22.8 Å². The number of rotatable bonds is 7. The van der Waals surface area contributed by atoms with Crippen LogP contribution >= 0.6 is 24.0 Å². The van der Waals surface area contributed by atoms with Crippen LogP contribution in [0.4, 0.5) is 0 Å². The van der Waals surface area contributed by atoms with Gasteiger partial charge in [-0.05, 0) is 36.8 Å². The van der Waals surface area contributed by atoms with Crippen LogP contribution in [0.5, 0.6) is 5.75 Å². The topological polar surface area (TPSA) is 55.7 Å². The Kier molecular flexibility index (Phi) is 7.36. The highest BCUT2D eigenvalue weighted by Gasteiger charge is 2.13. The van der Waals surface area contributed by atoms with Crippen LogP contribution in [-0.2, 0) is 13.2 Å². The molecule has 3 aromatic carbocycles. The summed E-state index contributed by atoms with van der Waals surface area (Å²) in [6, 6.07) is 27.9. The first-order chi connectivity index (χ1) is 16.2. The van der Waals surface area contributed by atoms with Crippen molar-refractivity contribution >= 4 is 24.0 Å². The van der Waals surface area contributed by atoms with Gasteiger partial charge >= 0.3 is 0 Å². The fourth-order valence-electron chi connectivity index (χ4n) is 3.71. The summed E-state index contributed by atoms with van der Waals surface area (Å²) in [4.78, 5) is 7.90. The summed E-state index contributed by atoms with van der Waals surface area (Å²) < 4.78 is 8.08. The molecule has 0 aliphatic rings. The molecular weight excluding hydrogens is 467 g/mol. The van der Waals surface area contributed by atoms with E-state index in [0.717, 1.165) is 45.3 Å². The highest BCUT2D eigenvalue weighted by Crippen LogP contribution is 2.27. The lowest BCUT2D eigenvalue weighted by Crippen LogP contribution is -2.06. The molecule has 0 aliphatic heterocycles. The zero-order valence-corrected chi connectivity index (χ0v) is 20.2. The first-order valence-corrected chi connectivity index (χ1v) is 11.1. The third kappa shape index (κ3) is 5.33. The average molecular weight is 491 g/mol. The van der Waals surface area contributed by atoms with Gasteiger partial charge in [-0.3, -0.25) is 4.68 Å². The van der Waals surface area contributed by atoms with Crippen molar-refractivity contribution in [3.8, 4) is 28.5 Å². The number of hydrogen-bond donors (Lipinski definition) is 1. The number of benzene rings is 3. The highest BCUT2D eigenvalue weighted by molar-refractivity contribution is 6.30. The SMILES string of the molecule is Cc1cc(-c2cnc(-c3ccccc3)[nH]2)nn1Cc1cc(Cl)ccc1OCc1ccccc1.Cl. The largest absolute Gasteiger partial charge is 0.489 e. The highest BCUT2D eigenvalue weighted by atomic mass is 35.5. The van der Waals surface area contributed by atoms with Crippen LogP contribution in [-0.4, -0.2) is 19.7 Å². The van der Waals surface area contributed by atoms with Crippen LogP contribution in [0.2, 0.25) is 5.02 Å². The van der Waals surface area contributed by atoms with Crippen molar-refractivity contribution in [3.05, 3.63) is 113 Å². The second-order valence-corrected chi connectivity index (χ2v) is 8.30. The van der Waals surface area contributed by atoms with Crippen LogP contribution in [0.1, 0.15) is 16.8 Å². The van der Waals surface area contributed by atoms with Gasteiger partial charge in [-0.1, -0.05) is 72.3 Å². The molecule has 0 amide bonds. The molecule has 5 nitrogen and oxygen atoms in total. The molecule has 0 saturated heterocycles. The van der Waals surface area contributed by atoms with Crippen LogP contribution in [0.3, 0.4) is 0 Å². The Morgan fingerprint density at radius 3 is 2.44 bits per heavy atom. The van der Waals surface area contributed by atoms with Crippen molar-refractivity contribution in [3.63, 3.8) is 0 Å². The van der Waals surface area contributed by atoms with Crippen LogP contribution in [0, 0.1) is 6.92 Å².